The number of piperidine rings is 1. The number of carbonyl (C=O) groups excluding carboxylic acids is 4. The summed E-state index contributed by atoms with van der Waals surface area (Å²) in [6, 6.07) is 7.96. The summed E-state index contributed by atoms with van der Waals surface area (Å²) in [4.78, 5) is 54.2. The number of nitrogens with zero attached hydrogens (tertiary/aromatic N) is 2. The predicted octanol–water partition coefficient (Wildman–Crippen LogP) is 2.88. The fourth-order valence-corrected chi connectivity index (χ4v) is 6.95. The van der Waals surface area contributed by atoms with Crippen molar-refractivity contribution in [3.8, 4) is 0 Å². The van der Waals surface area contributed by atoms with Crippen molar-refractivity contribution in [2.24, 2.45) is 0 Å². The van der Waals surface area contributed by atoms with Crippen LogP contribution in [0.1, 0.15) is 40.9 Å². The number of carbonyl (C=O) groups is 4. The van der Waals surface area contributed by atoms with Crippen LogP contribution in [0.4, 0.5) is 10.5 Å². The quantitative estimate of drug-likeness (QED) is 0.339. The monoisotopic (exact) mass is 637 g/mol. The lowest BCUT2D eigenvalue weighted by Gasteiger charge is -2.34. The first kappa shape index (κ1) is 31.5. The summed E-state index contributed by atoms with van der Waals surface area (Å²) in [5.41, 5.74) is 0.709. The number of benzene rings is 1. The summed E-state index contributed by atoms with van der Waals surface area (Å²) in [6.07, 6.45) is 3.71. The molecule has 2 aromatic rings. The Kier molecular flexibility index (Phi) is 10.6. The molecule has 1 aromatic heterocycles. The van der Waals surface area contributed by atoms with Crippen LogP contribution in [0.3, 0.4) is 0 Å². The number of sulfonamides is 1. The van der Waals surface area contributed by atoms with Crippen LogP contribution >= 0.6 is 22.9 Å². The van der Waals surface area contributed by atoms with Gasteiger partial charge in [-0.05, 0) is 62.1 Å². The third-order valence-electron chi connectivity index (χ3n) is 6.91. The number of rotatable bonds is 10. The minimum Gasteiger partial charge on any atom is -0.465 e. The number of hydrogen-bond donors (Lipinski definition) is 3. The Morgan fingerprint density at radius 3 is 2.67 bits per heavy atom. The summed E-state index contributed by atoms with van der Waals surface area (Å²) >= 11 is 7.11. The molecule has 0 spiro atoms. The van der Waals surface area contributed by atoms with E-state index in [0.717, 1.165) is 11.8 Å². The van der Waals surface area contributed by atoms with Crippen molar-refractivity contribution >= 4 is 68.5 Å². The molecule has 226 valence electrons. The molecule has 2 unspecified atom stereocenters. The molecule has 3 N–H and O–H groups in total. The molecule has 0 radical (unpaired) electrons. The standard InChI is InChI=1S/C27H32ClN5O7S2/c1-40-26(36)18-5-2-6-19(15-18)30-27(37)29-16-20-7-3-13-33(20)24(34)17-32-12-4-8-22(25(32)35)31-42(38,39)14-11-21-9-10-23(28)41-21/h2,5-6,9-11,14-15,20,22,31H,3-4,7-8,12-13,16-17H2,1H3,(H2,29,30,37)/b14-11+. The van der Waals surface area contributed by atoms with Crippen molar-refractivity contribution in [1.82, 2.24) is 19.8 Å². The topological polar surface area (TPSA) is 154 Å². The van der Waals surface area contributed by atoms with E-state index in [2.05, 4.69) is 15.4 Å². The molecule has 0 bridgehead atoms. The summed E-state index contributed by atoms with van der Waals surface area (Å²) in [5, 5.41) is 6.42. The molecule has 0 aliphatic carbocycles. The van der Waals surface area contributed by atoms with Gasteiger partial charge in [-0.25, -0.2) is 18.0 Å². The van der Waals surface area contributed by atoms with Crippen LogP contribution in [0, 0.1) is 0 Å². The smallest absolute Gasteiger partial charge is 0.337 e. The maximum Gasteiger partial charge on any atom is 0.337 e. The first-order chi connectivity index (χ1) is 20.0. The number of ether oxygens (including phenoxy) is 1. The minimum atomic E-state index is -3.90. The molecule has 2 aliphatic rings. The number of amides is 4. The van der Waals surface area contributed by atoms with E-state index >= 15 is 0 Å². The maximum atomic E-state index is 13.2. The van der Waals surface area contributed by atoms with E-state index in [4.69, 9.17) is 16.3 Å². The lowest BCUT2D eigenvalue weighted by molar-refractivity contribution is -0.143. The SMILES string of the molecule is COC(=O)c1cccc(NC(=O)NCC2CCCN2C(=O)CN2CCCC(NS(=O)(=O)/C=C/c3ccc(Cl)s3)C2=O)c1. The molecule has 2 atom stereocenters. The summed E-state index contributed by atoms with van der Waals surface area (Å²) in [7, 11) is -2.63. The van der Waals surface area contributed by atoms with Crippen LogP contribution in [-0.4, -0.2) is 87.4 Å². The lowest BCUT2D eigenvalue weighted by atomic mass is 10.1. The Hall–Kier alpha value is -3.46. The average Bonchev–Trinajstić information content (AvgIpc) is 3.61. The number of anilines is 1. The molecule has 2 aliphatic heterocycles. The van der Waals surface area contributed by atoms with Crippen LogP contribution in [-0.2, 0) is 24.3 Å². The van der Waals surface area contributed by atoms with Crippen molar-refractivity contribution in [2.75, 3.05) is 38.6 Å². The average molecular weight is 638 g/mol. The number of methoxy groups -OCH3 is 1. The van der Waals surface area contributed by atoms with E-state index in [-0.39, 0.29) is 25.0 Å². The minimum absolute atomic E-state index is 0.177. The van der Waals surface area contributed by atoms with Gasteiger partial charge < -0.3 is 25.2 Å². The first-order valence-electron chi connectivity index (χ1n) is 13.3. The molecule has 4 amide bonds. The summed E-state index contributed by atoms with van der Waals surface area (Å²) in [6.45, 7) is 0.857. The van der Waals surface area contributed by atoms with Crippen LogP contribution in [0.2, 0.25) is 4.34 Å². The molecule has 3 heterocycles. The van der Waals surface area contributed by atoms with Gasteiger partial charge in [0.2, 0.25) is 21.8 Å². The first-order valence-corrected chi connectivity index (χ1v) is 16.1. The Morgan fingerprint density at radius 2 is 1.93 bits per heavy atom. The number of nitrogens with one attached hydrogen (secondary N) is 3. The molecule has 1 aromatic carbocycles. The van der Waals surface area contributed by atoms with Crippen LogP contribution < -0.4 is 15.4 Å². The fraction of sp³-hybridized carbons (Fsp3) is 0.407. The van der Waals surface area contributed by atoms with Gasteiger partial charge in [0.05, 0.1) is 23.6 Å². The summed E-state index contributed by atoms with van der Waals surface area (Å²) < 4.78 is 32.8. The highest BCUT2D eigenvalue weighted by Crippen LogP contribution is 2.23. The molecule has 4 rings (SSSR count). The van der Waals surface area contributed by atoms with Gasteiger partial charge in [-0.3, -0.25) is 9.59 Å². The highest BCUT2D eigenvalue weighted by molar-refractivity contribution is 7.92. The van der Waals surface area contributed by atoms with Gasteiger partial charge in [-0.1, -0.05) is 17.7 Å². The zero-order chi connectivity index (χ0) is 30.3. The lowest BCUT2D eigenvalue weighted by Crippen LogP contribution is -2.55. The normalized spacial score (nSPS) is 19.2. The van der Waals surface area contributed by atoms with Crippen molar-refractivity contribution in [3.63, 3.8) is 0 Å². The van der Waals surface area contributed by atoms with E-state index < -0.39 is 34.0 Å². The van der Waals surface area contributed by atoms with Crippen LogP contribution in [0.5, 0.6) is 0 Å². The van der Waals surface area contributed by atoms with E-state index in [1.807, 2.05) is 0 Å². The van der Waals surface area contributed by atoms with Crippen molar-refractivity contribution in [2.45, 2.75) is 37.8 Å². The third-order valence-corrected chi connectivity index (χ3v) is 9.21. The van der Waals surface area contributed by atoms with Crippen molar-refractivity contribution < 1.29 is 32.3 Å². The fourth-order valence-electron chi connectivity index (χ4n) is 4.88. The predicted molar refractivity (Wildman–Crippen MR) is 160 cm³/mol. The Bertz CT molecular complexity index is 1460. The molecular weight excluding hydrogens is 606 g/mol. The second kappa shape index (κ2) is 14.1. The molecule has 2 saturated heterocycles. The highest BCUT2D eigenvalue weighted by atomic mass is 35.5. The molecule has 0 saturated carbocycles. The van der Waals surface area contributed by atoms with Gasteiger partial charge in [0.15, 0.2) is 0 Å². The Balaban J connectivity index is 1.28. The Labute approximate surface area is 253 Å². The van der Waals surface area contributed by atoms with Crippen molar-refractivity contribution in [1.29, 1.82) is 0 Å². The maximum absolute atomic E-state index is 13.2. The number of likely N-dealkylation sites (tertiary alicyclic amines) is 2. The molecular formula is C27H32ClN5O7S2. The van der Waals surface area contributed by atoms with Gasteiger partial charge in [0, 0.05) is 41.6 Å². The number of esters is 1. The van der Waals surface area contributed by atoms with Gasteiger partial charge in [0.25, 0.3) is 0 Å². The largest absolute Gasteiger partial charge is 0.465 e. The van der Waals surface area contributed by atoms with Gasteiger partial charge >= 0.3 is 12.0 Å². The molecule has 15 heteroatoms. The third kappa shape index (κ3) is 8.53. The zero-order valence-electron chi connectivity index (χ0n) is 22.9. The molecule has 42 heavy (non-hydrogen) atoms. The second-order valence-corrected chi connectivity index (χ2v) is 13.2. The number of halogens is 1. The van der Waals surface area contributed by atoms with E-state index in [1.54, 1.807) is 35.2 Å². The Morgan fingerprint density at radius 1 is 1.14 bits per heavy atom. The van der Waals surface area contributed by atoms with E-state index in [1.165, 1.54) is 35.5 Å². The number of thiophene rings is 1. The molecule has 2 fully saturated rings. The van der Waals surface area contributed by atoms with Crippen LogP contribution in [0.25, 0.3) is 6.08 Å². The number of hydrogen-bond acceptors (Lipinski definition) is 8. The summed E-state index contributed by atoms with van der Waals surface area (Å²) in [5.74, 6) is -1.24. The number of urea groups is 1. The molecule has 12 nitrogen and oxygen atoms in total. The van der Waals surface area contributed by atoms with E-state index in [9.17, 15) is 27.6 Å². The highest BCUT2D eigenvalue weighted by Gasteiger charge is 2.35. The van der Waals surface area contributed by atoms with Crippen LogP contribution in [0.15, 0.2) is 41.8 Å². The second-order valence-electron chi connectivity index (χ2n) is 9.85. The van der Waals surface area contributed by atoms with Gasteiger partial charge in [0.1, 0.15) is 6.04 Å². The van der Waals surface area contributed by atoms with E-state index in [0.29, 0.717) is 52.8 Å². The van der Waals surface area contributed by atoms with Gasteiger partial charge in [-0.15, -0.1) is 11.3 Å². The zero-order valence-corrected chi connectivity index (χ0v) is 25.3. The van der Waals surface area contributed by atoms with Crippen molar-refractivity contribution in [3.05, 3.63) is 56.6 Å². The van der Waals surface area contributed by atoms with Gasteiger partial charge in [-0.2, -0.15) is 4.72 Å².